The van der Waals surface area contributed by atoms with Gasteiger partial charge >= 0.3 is 0 Å². The van der Waals surface area contributed by atoms with Gasteiger partial charge < -0.3 is 0 Å². The molecule has 3 heteroatoms. The molecule has 17 heavy (non-hydrogen) atoms. The van der Waals surface area contributed by atoms with Crippen molar-refractivity contribution in [1.29, 1.82) is 0 Å². The molecule has 1 aromatic carbocycles. The first-order valence-corrected chi connectivity index (χ1v) is 6.98. The van der Waals surface area contributed by atoms with Gasteiger partial charge in [-0.15, -0.1) is 23.4 Å². The summed E-state index contributed by atoms with van der Waals surface area (Å²) in [6.07, 6.45) is 3.80. The molecule has 0 atom stereocenters. The van der Waals surface area contributed by atoms with E-state index in [-0.39, 0.29) is 0 Å². The van der Waals surface area contributed by atoms with Gasteiger partial charge in [0.1, 0.15) is 0 Å². The van der Waals surface area contributed by atoms with Crippen molar-refractivity contribution in [3.05, 3.63) is 59.4 Å². The third-order valence-corrected chi connectivity index (χ3v) is 3.81. The van der Waals surface area contributed by atoms with Gasteiger partial charge in [-0.25, -0.2) is 0 Å². The summed E-state index contributed by atoms with van der Waals surface area (Å²) in [7, 11) is 0. The number of halogens is 1. The quantitative estimate of drug-likeness (QED) is 0.598. The highest BCUT2D eigenvalue weighted by Crippen LogP contribution is 2.23. The Hall–Kier alpha value is -0.990. The molecule has 0 aliphatic rings. The highest BCUT2D eigenvalue weighted by atomic mass is 35.5. The van der Waals surface area contributed by atoms with E-state index in [0.717, 1.165) is 11.3 Å². The number of thioether (sulfide) groups is 1. The summed E-state index contributed by atoms with van der Waals surface area (Å²) in [5, 5.41) is 0. The SMILES string of the molecule is Cc1cncc(CSc2ccc(CCl)cc2)c1. The van der Waals surface area contributed by atoms with Gasteiger partial charge in [-0.1, -0.05) is 18.2 Å². The molecule has 0 amide bonds. The molecular formula is C14H14ClNS. The number of hydrogen-bond acceptors (Lipinski definition) is 2. The second-order valence-corrected chi connectivity index (χ2v) is 5.25. The zero-order valence-corrected chi connectivity index (χ0v) is 11.3. The van der Waals surface area contributed by atoms with Crippen LogP contribution in [-0.4, -0.2) is 4.98 Å². The van der Waals surface area contributed by atoms with Crippen LogP contribution in [0, 0.1) is 6.92 Å². The van der Waals surface area contributed by atoms with Crippen LogP contribution in [0.1, 0.15) is 16.7 Å². The molecule has 1 heterocycles. The van der Waals surface area contributed by atoms with E-state index in [9.17, 15) is 0 Å². The molecule has 0 aliphatic carbocycles. The normalized spacial score (nSPS) is 10.5. The molecule has 0 fully saturated rings. The molecule has 0 saturated heterocycles. The lowest BCUT2D eigenvalue weighted by Gasteiger charge is -2.03. The molecule has 0 aliphatic heterocycles. The minimum absolute atomic E-state index is 0.576. The van der Waals surface area contributed by atoms with Crippen LogP contribution < -0.4 is 0 Å². The van der Waals surface area contributed by atoms with Crippen LogP contribution in [0.5, 0.6) is 0 Å². The standard InChI is InChI=1S/C14H14ClNS/c1-11-6-13(9-16-8-11)10-17-14-4-2-12(7-15)3-5-14/h2-6,8-9H,7,10H2,1H3. The Labute approximate surface area is 111 Å². The molecule has 0 unspecified atom stereocenters. The van der Waals surface area contributed by atoms with Gasteiger partial charge in [0.2, 0.25) is 0 Å². The summed E-state index contributed by atoms with van der Waals surface area (Å²) in [4.78, 5) is 5.46. The molecule has 2 rings (SSSR count). The molecule has 0 bridgehead atoms. The van der Waals surface area contributed by atoms with Crippen molar-refractivity contribution in [1.82, 2.24) is 4.98 Å². The molecule has 88 valence electrons. The number of nitrogens with zero attached hydrogens (tertiary/aromatic N) is 1. The smallest absolute Gasteiger partial charge is 0.0474 e. The first kappa shape index (κ1) is 12.5. The van der Waals surface area contributed by atoms with Crippen molar-refractivity contribution < 1.29 is 0 Å². The Bertz CT molecular complexity index is 482. The molecule has 0 saturated carbocycles. The minimum Gasteiger partial charge on any atom is -0.264 e. The van der Waals surface area contributed by atoms with E-state index in [1.807, 2.05) is 24.2 Å². The predicted molar refractivity (Wildman–Crippen MR) is 74.5 cm³/mol. The molecule has 0 N–H and O–H groups in total. The van der Waals surface area contributed by atoms with Crippen molar-refractivity contribution in [3.8, 4) is 0 Å². The van der Waals surface area contributed by atoms with Crippen LogP contribution in [0.15, 0.2) is 47.6 Å². The molecule has 0 spiro atoms. The Morgan fingerprint density at radius 3 is 2.53 bits per heavy atom. The van der Waals surface area contributed by atoms with Gasteiger partial charge in [-0.2, -0.15) is 0 Å². The maximum atomic E-state index is 5.75. The van der Waals surface area contributed by atoms with Gasteiger partial charge in [0.15, 0.2) is 0 Å². The van der Waals surface area contributed by atoms with Crippen molar-refractivity contribution in [2.45, 2.75) is 23.5 Å². The van der Waals surface area contributed by atoms with Gasteiger partial charge in [0.05, 0.1) is 0 Å². The average Bonchev–Trinajstić information content (AvgIpc) is 2.37. The third-order valence-electron chi connectivity index (χ3n) is 2.41. The number of pyridine rings is 1. The Kier molecular flexibility index (Phi) is 4.46. The molecule has 2 aromatic rings. The maximum absolute atomic E-state index is 5.75. The van der Waals surface area contributed by atoms with Gasteiger partial charge in [0.25, 0.3) is 0 Å². The van der Waals surface area contributed by atoms with Gasteiger partial charge in [-0.05, 0) is 35.7 Å². The molecule has 0 radical (unpaired) electrons. The Balaban J connectivity index is 1.97. The number of aromatic nitrogens is 1. The Morgan fingerprint density at radius 2 is 1.88 bits per heavy atom. The second-order valence-electron chi connectivity index (χ2n) is 3.94. The third kappa shape index (κ3) is 3.76. The van der Waals surface area contributed by atoms with Crippen LogP contribution in [0.3, 0.4) is 0 Å². The zero-order valence-electron chi connectivity index (χ0n) is 9.69. The number of benzene rings is 1. The zero-order chi connectivity index (χ0) is 12.1. The van der Waals surface area contributed by atoms with Crippen molar-refractivity contribution in [2.24, 2.45) is 0 Å². The number of rotatable bonds is 4. The fourth-order valence-corrected chi connectivity index (χ4v) is 2.54. The summed E-state index contributed by atoms with van der Waals surface area (Å²) in [6.45, 7) is 2.07. The number of aryl methyl sites for hydroxylation is 1. The maximum Gasteiger partial charge on any atom is 0.0474 e. The van der Waals surface area contributed by atoms with E-state index < -0.39 is 0 Å². The minimum atomic E-state index is 0.576. The van der Waals surface area contributed by atoms with Crippen molar-refractivity contribution in [3.63, 3.8) is 0 Å². The van der Waals surface area contributed by atoms with Crippen LogP contribution >= 0.6 is 23.4 Å². The predicted octanol–water partition coefficient (Wildman–Crippen LogP) is 4.42. The lowest BCUT2D eigenvalue weighted by atomic mass is 10.2. The van der Waals surface area contributed by atoms with Gasteiger partial charge in [0, 0.05) is 28.9 Å². The molecule has 1 nitrogen and oxygen atoms in total. The number of alkyl halides is 1. The first-order chi connectivity index (χ1) is 8.28. The monoisotopic (exact) mass is 263 g/mol. The largest absolute Gasteiger partial charge is 0.264 e. The van der Waals surface area contributed by atoms with E-state index in [1.165, 1.54) is 16.0 Å². The fraction of sp³-hybridized carbons (Fsp3) is 0.214. The lowest BCUT2D eigenvalue weighted by molar-refractivity contribution is 1.20. The van der Waals surface area contributed by atoms with E-state index >= 15 is 0 Å². The summed E-state index contributed by atoms with van der Waals surface area (Å²) in [5.74, 6) is 1.53. The summed E-state index contributed by atoms with van der Waals surface area (Å²) >= 11 is 7.57. The number of hydrogen-bond donors (Lipinski definition) is 0. The summed E-state index contributed by atoms with van der Waals surface area (Å²) in [6, 6.07) is 10.6. The van der Waals surface area contributed by atoms with Crippen LogP contribution in [0.2, 0.25) is 0 Å². The highest BCUT2D eigenvalue weighted by Gasteiger charge is 1.98. The lowest BCUT2D eigenvalue weighted by Crippen LogP contribution is -1.85. The van der Waals surface area contributed by atoms with Crippen molar-refractivity contribution >= 4 is 23.4 Å². The van der Waals surface area contributed by atoms with E-state index in [1.54, 1.807) is 0 Å². The van der Waals surface area contributed by atoms with E-state index in [4.69, 9.17) is 11.6 Å². The van der Waals surface area contributed by atoms with Crippen molar-refractivity contribution in [2.75, 3.05) is 0 Å². The highest BCUT2D eigenvalue weighted by molar-refractivity contribution is 7.98. The first-order valence-electron chi connectivity index (χ1n) is 5.46. The van der Waals surface area contributed by atoms with E-state index in [2.05, 4.69) is 42.2 Å². The average molecular weight is 264 g/mol. The van der Waals surface area contributed by atoms with Crippen LogP contribution in [0.4, 0.5) is 0 Å². The topological polar surface area (TPSA) is 12.9 Å². The Morgan fingerprint density at radius 1 is 1.12 bits per heavy atom. The summed E-state index contributed by atoms with van der Waals surface area (Å²) in [5.41, 5.74) is 3.63. The molecular weight excluding hydrogens is 250 g/mol. The second kappa shape index (κ2) is 6.08. The summed E-state index contributed by atoms with van der Waals surface area (Å²) < 4.78 is 0. The fourth-order valence-electron chi connectivity index (χ4n) is 1.54. The molecule has 1 aromatic heterocycles. The van der Waals surface area contributed by atoms with Crippen LogP contribution in [-0.2, 0) is 11.6 Å². The van der Waals surface area contributed by atoms with Gasteiger partial charge in [-0.3, -0.25) is 4.98 Å². The van der Waals surface area contributed by atoms with Crippen LogP contribution in [0.25, 0.3) is 0 Å². The van der Waals surface area contributed by atoms with E-state index in [0.29, 0.717) is 5.88 Å².